The molecule has 26 heavy (non-hydrogen) atoms. The van der Waals surface area contributed by atoms with Crippen molar-refractivity contribution in [3.8, 4) is 0 Å². The van der Waals surface area contributed by atoms with Crippen molar-refractivity contribution in [2.24, 2.45) is 0 Å². The van der Waals surface area contributed by atoms with E-state index >= 15 is 0 Å². The van der Waals surface area contributed by atoms with Gasteiger partial charge in [0.05, 0.1) is 6.61 Å². The van der Waals surface area contributed by atoms with Crippen LogP contribution in [-0.2, 0) is 23.7 Å². The lowest BCUT2D eigenvalue weighted by Crippen LogP contribution is -2.60. The van der Waals surface area contributed by atoms with Crippen LogP contribution < -0.4 is 0 Å². The average Bonchev–Trinajstić information content (AvgIpc) is 3.14. The second-order valence-corrected chi connectivity index (χ2v) is 6.69. The van der Waals surface area contributed by atoms with Gasteiger partial charge in [0.2, 0.25) is 0 Å². The van der Waals surface area contributed by atoms with Crippen LogP contribution in [0.15, 0.2) is 60.7 Å². The number of fused-ring (bicyclic) bond motifs is 2. The number of ether oxygens (including phenoxy) is 5. The fourth-order valence-electron chi connectivity index (χ4n) is 3.66. The molecule has 0 spiro atoms. The van der Waals surface area contributed by atoms with Crippen LogP contribution in [0.2, 0.25) is 0 Å². The molecule has 3 saturated heterocycles. The molecule has 0 aromatic heterocycles. The lowest BCUT2D eigenvalue weighted by atomic mass is 9.98. The first-order valence-corrected chi connectivity index (χ1v) is 8.81. The standard InChI is InChI=1S/C20H20O6/c21-15-16-14(11-22-18(24-16)12-7-3-1-4-8-12)23-20-17(15)25-19(26-20)13-9-5-2-6-10-13/h1-10,14-21H,11H2/t14-,15+,16-,17-,18?,19?,20-/m1/s1. The summed E-state index contributed by atoms with van der Waals surface area (Å²) in [4.78, 5) is 0. The molecule has 3 aliphatic heterocycles. The van der Waals surface area contributed by atoms with Gasteiger partial charge in [-0.05, 0) is 0 Å². The molecule has 5 rings (SSSR count). The van der Waals surface area contributed by atoms with Crippen LogP contribution in [0.4, 0.5) is 0 Å². The highest BCUT2D eigenvalue weighted by Crippen LogP contribution is 2.41. The van der Waals surface area contributed by atoms with E-state index in [4.69, 9.17) is 23.7 Å². The van der Waals surface area contributed by atoms with Gasteiger partial charge in [-0.15, -0.1) is 0 Å². The van der Waals surface area contributed by atoms with Crippen LogP contribution in [-0.4, -0.2) is 42.4 Å². The third-order valence-corrected chi connectivity index (χ3v) is 4.99. The minimum absolute atomic E-state index is 0.323. The van der Waals surface area contributed by atoms with Crippen LogP contribution in [0, 0.1) is 0 Å². The molecule has 0 aliphatic carbocycles. The Morgan fingerprint density at radius 1 is 0.692 bits per heavy atom. The molecule has 7 atom stereocenters. The van der Waals surface area contributed by atoms with Crippen LogP contribution >= 0.6 is 0 Å². The topological polar surface area (TPSA) is 66.4 Å². The largest absolute Gasteiger partial charge is 0.387 e. The molecule has 6 nitrogen and oxygen atoms in total. The van der Waals surface area contributed by atoms with E-state index in [2.05, 4.69) is 0 Å². The highest BCUT2D eigenvalue weighted by Gasteiger charge is 2.54. The van der Waals surface area contributed by atoms with Gasteiger partial charge in [0.25, 0.3) is 0 Å². The highest BCUT2D eigenvalue weighted by molar-refractivity contribution is 5.18. The summed E-state index contributed by atoms with van der Waals surface area (Å²) < 4.78 is 29.6. The van der Waals surface area contributed by atoms with Crippen molar-refractivity contribution in [2.45, 2.75) is 43.3 Å². The minimum Gasteiger partial charge on any atom is -0.387 e. The van der Waals surface area contributed by atoms with Gasteiger partial charge < -0.3 is 28.8 Å². The van der Waals surface area contributed by atoms with E-state index in [0.29, 0.717) is 6.61 Å². The Morgan fingerprint density at radius 3 is 2.00 bits per heavy atom. The molecule has 1 N–H and O–H groups in total. The van der Waals surface area contributed by atoms with Crippen LogP contribution in [0.1, 0.15) is 23.7 Å². The number of hydrogen-bond acceptors (Lipinski definition) is 6. The van der Waals surface area contributed by atoms with Gasteiger partial charge in [0, 0.05) is 11.1 Å². The monoisotopic (exact) mass is 356 g/mol. The summed E-state index contributed by atoms with van der Waals surface area (Å²) in [5, 5.41) is 10.8. The van der Waals surface area contributed by atoms with Gasteiger partial charge in [-0.3, -0.25) is 0 Å². The molecule has 3 heterocycles. The zero-order valence-electron chi connectivity index (χ0n) is 14.0. The van der Waals surface area contributed by atoms with Crippen molar-refractivity contribution in [2.75, 3.05) is 6.61 Å². The van der Waals surface area contributed by atoms with Crippen molar-refractivity contribution in [3.63, 3.8) is 0 Å². The number of benzene rings is 2. The number of rotatable bonds is 2. The molecule has 0 radical (unpaired) electrons. The molecule has 6 heteroatoms. The average molecular weight is 356 g/mol. The van der Waals surface area contributed by atoms with Gasteiger partial charge in [-0.1, -0.05) is 60.7 Å². The lowest BCUT2D eigenvalue weighted by Gasteiger charge is -2.44. The third-order valence-electron chi connectivity index (χ3n) is 4.99. The first kappa shape index (κ1) is 16.4. The summed E-state index contributed by atoms with van der Waals surface area (Å²) in [5.74, 6) is 0. The fraction of sp³-hybridized carbons (Fsp3) is 0.400. The summed E-state index contributed by atoms with van der Waals surface area (Å²) in [6.45, 7) is 0.323. The zero-order chi connectivity index (χ0) is 17.5. The van der Waals surface area contributed by atoms with Crippen molar-refractivity contribution in [1.29, 1.82) is 0 Å². The Kier molecular flexibility index (Phi) is 4.24. The van der Waals surface area contributed by atoms with Gasteiger partial charge >= 0.3 is 0 Å². The molecule has 136 valence electrons. The summed E-state index contributed by atoms with van der Waals surface area (Å²) in [6.07, 6.45) is -4.13. The Labute approximate surface area is 151 Å². The van der Waals surface area contributed by atoms with Crippen LogP contribution in [0.5, 0.6) is 0 Å². The molecule has 0 saturated carbocycles. The number of aliphatic hydroxyl groups excluding tert-OH is 1. The molecule has 2 unspecified atom stereocenters. The van der Waals surface area contributed by atoms with E-state index in [1.807, 2.05) is 60.7 Å². The van der Waals surface area contributed by atoms with Crippen molar-refractivity contribution in [3.05, 3.63) is 71.8 Å². The van der Waals surface area contributed by atoms with E-state index in [0.717, 1.165) is 11.1 Å². The van der Waals surface area contributed by atoms with Gasteiger partial charge in [0.15, 0.2) is 18.9 Å². The smallest absolute Gasteiger partial charge is 0.190 e. The first-order chi connectivity index (χ1) is 12.8. The lowest BCUT2D eigenvalue weighted by molar-refractivity contribution is -0.338. The SMILES string of the molecule is O[C@@H]1[C@H]2OC(c3ccccc3)O[C@H]2O[C@@H]2COC(c3ccccc3)O[C@@H]12. The van der Waals surface area contributed by atoms with Gasteiger partial charge in [0.1, 0.15) is 24.4 Å². The maximum atomic E-state index is 10.8. The number of aliphatic hydroxyl groups is 1. The Morgan fingerprint density at radius 2 is 1.31 bits per heavy atom. The molecule has 0 bridgehead atoms. The second kappa shape index (κ2) is 6.74. The van der Waals surface area contributed by atoms with E-state index in [-0.39, 0.29) is 0 Å². The molecular weight excluding hydrogens is 336 g/mol. The molecular formula is C20H20O6. The zero-order valence-corrected chi connectivity index (χ0v) is 14.0. The van der Waals surface area contributed by atoms with Crippen molar-refractivity contribution >= 4 is 0 Å². The molecule has 3 aliphatic rings. The van der Waals surface area contributed by atoms with E-state index in [1.54, 1.807) is 0 Å². The predicted molar refractivity (Wildman–Crippen MR) is 89.8 cm³/mol. The van der Waals surface area contributed by atoms with Gasteiger partial charge in [-0.2, -0.15) is 0 Å². The summed E-state index contributed by atoms with van der Waals surface area (Å²) >= 11 is 0. The first-order valence-electron chi connectivity index (χ1n) is 8.81. The normalized spacial score (nSPS) is 39.2. The highest BCUT2D eigenvalue weighted by atomic mass is 16.8. The van der Waals surface area contributed by atoms with E-state index in [9.17, 15) is 5.11 Å². The Balaban J connectivity index is 1.33. The minimum atomic E-state index is -0.859. The number of hydrogen-bond donors (Lipinski definition) is 1. The summed E-state index contributed by atoms with van der Waals surface area (Å²) in [5.41, 5.74) is 1.80. The van der Waals surface area contributed by atoms with Crippen LogP contribution in [0.3, 0.4) is 0 Å². The van der Waals surface area contributed by atoms with Crippen LogP contribution in [0.25, 0.3) is 0 Å². The molecule has 0 amide bonds. The van der Waals surface area contributed by atoms with Crippen molar-refractivity contribution < 1.29 is 28.8 Å². The van der Waals surface area contributed by atoms with Gasteiger partial charge in [-0.25, -0.2) is 0 Å². The molecule has 3 fully saturated rings. The second-order valence-electron chi connectivity index (χ2n) is 6.69. The van der Waals surface area contributed by atoms with E-state index in [1.165, 1.54) is 0 Å². The predicted octanol–water partition coefficient (Wildman–Crippen LogP) is 2.30. The maximum Gasteiger partial charge on any atom is 0.190 e. The Hall–Kier alpha value is -1.80. The summed E-state index contributed by atoms with van der Waals surface area (Å²) in [6, 6.07) is 19.3. The fourth-order valence-corrected chi connectivity index (χ4v) is 3.66. The Bertz CT molecular complexity index is 701. The molecule has 2 aromatic rings. The maximum absolute atomic E-state index is 10.8. The third kappa shape index (κ3) is 2.85. The molecule has 2 aromatic carbocycles. The summed E-state index contributed by atoms with van der Waals surface area (Å²) in [7, 11) is 0. The van der Waals surface area contributed by atoms with Crippen molar-refractivity contribution in [1.82, 2.24) is 0 Å². The quantitative estimate of drug-likeness (QED) is 0.891. The van der Waals surface area contributed by atoms with E-state index < -0.39 is 43.3 Å².